The van der Waals surface area contributed by atoms with Crippen LogP contribution in [0.25, 0.3) is 10.9 Å². The Kier molecular flexibility index (Phi) is 7.62. The van der Waals surface area contributed by atoms with Gasteiger partial charge in [-0.25, -0.2) is 4.79 Å². The summed E-state index contributed by atoms with van der Waals surface area (Å²) in [7, 11) is 0.712. The highest BCUT2D eigenvalue weighted by Crippen LogP contribution is 2.39. The number of likely N-dealkylation sites (tertiary alicyclic amines) is 1. The van der Waals surface area contributed by atoms with Crippen LogP contribution in [0.4, 0.5) is 4.79 Å². The van der Waals surface area contributed by atoms with Gasteiger partial charge >= 0.3 is 6.09 Å². The third kappa shape index (κ3) is 5.52. The molecular formula is C29H38N2O4S. The highest BCUT2D eigenvalue weighted by Gasteiger charge is 2.30. The van der Waals surface area contributed by atoms with Crippen LogP contribution in [0.2, 0.25) is 0 Å². The number of ether oxygens (including phenoxy) is 2. The molecule has 1 saturated heterocycles. The first-order chi connectivity index (χ1) is 17.0. The van der Waals surface area contributed by atoms with Gasteiger partial charge in [-0.15, -0.1) is 0 Å². The molecule has 1 aromatic heterocycles. The van der Waals surface area contributed by atoms with Gasteiger partial charge in [0.15, 0.2) is 0 Å². The number of carbonyl (C=O) groups excluding carboxylic acids is 1. The first-order valence-corrected chi connectivity index (χ1v) is 14.1. The van der Waals surface area contributed by atoms with E-state index < -0.39 is 16.4 Å². The quantitative estimate of drug-likeness (QED) is 0.395. The average Bonchev–Trinajstić information content (AvgIpc) is 3.27. The summed E-state index contributed by atoms with van der Waals surface area (Å²) in [4.78, 5) is 16.3. The molecule has 0 spiro atoms. The van der Waals surface area contributed by atoms with Crippen molar-refractivity contribution < 1.29 is 18.5 Å². The van der Waals surface area contributed by atoms with Gasteiger partial charge in [-0.05, 0) is 88.4 Å². The second-order valence-electron chi connectivity index (χ2n) is 10.9. The highest BCUT2D eigenvalue weighted by molar-refractivity contribution is 7.84. The van der Waals surface area contributed by atoms with Crippen molar-refractivity contribution in [2.45, 2.75) is 70.5 Å². The molecule has 3 unspecified atom stereocenters. The third-order valence-corrected chi connectivity index (χ3v) is 7.91. The van der Waals surface area contributed by atoms with E-state index in [2.05, 4.69) is 24.0 Å². The SMILES string of the molecule is COc1cc(C)c2c(ccn2C(=O)OC(C)(C)C)c1CN1CCC(C)CC1c1ccc(S(C)=O)cc1. The summed E-state index contributed by atoms with van der Waals surface area (Å²) in [6.07, 6.45) is 5.32. The first-order valence-electron chi connectivity index (χ1n) is 12.6. The van der Waals surface area contributed by atoms with Crippen LogP contribution in [-0.4, -0.2) is 45.3 Å². The molecule has 3 atom stereocenters. The summed E-state index contributed by atoms with van der Waals surface area (Å²) in [6.45, 7) is 11.6. The lowest BCUT2D eigenvalue weighted by Crippen LogP contribution is -2.36. The normalized spacial score (nSPS) is 19.9. The Hall–Kier alpha value is -2.64. The zero-order chi connectivity index (χ0) is 26.2. The Labute approximate surface area is 217 Å². The van der Waals surface area contributed by atoms with E-state index in [0.29, 0.717) is 12.5 Å². The summed E-state index contributed by atoms with van der Waals surface area (Å²) in [5.74, 6) is 1.45. The van der Waals surface area contributed by atoms with Gasteiger partial charge < -0.3 is 9.47 Å². The largest absolute Gasteiger partial charge is 0.496 e. The number of aryl methyl sites for hydroxylation is 1. The van der Waals surface area contributed by atoms with Gasteiger partial charge in [0.2, 0.25) is 0 Å². The number of piperidine rings is 1. The standard InChI is InChI=1S/C29H38N2O4S/c1-19-12-14-30(25(16-19)21-8-10-22(11-9-21)36(7)33)18-24-23-13-15-31(28(32)35-29(3,4)5)27(23)20(2)17-26(24)34-6/h8-11,13,15,17,19,25H,12,14,16,18H2,1-7H3. The van der Waals surface area contributed by atoms with Crippen molar-refractivity contribution in [3.8, 4) is 5.75 Å². The molecule has 194 valence electrons. The molecule has 6 nitrogen and oxygen atoms in total. The van der Waals surface area contributed by atoms with Crippen molar-refractivity contribution in [1.29, 1.82) is 0 Å². The van der Waals surface area contributed by atoms with Crippen LogP contribution < -0.4 is 4.74 Å². The van der Waals surface area contributed by atoms with Crippen LogP contribution in [0, 0.1) is 12.8 Å². The number of methoxy groups -OCH3 is 1. The predicted octanol–water partition coefficient (Wildman–Crippen LogP) is 6.45. The van der Waals surface area contributed by atoms with Crippen molar-refractivity contribution >= 4 is 27.8 Å². The maximum Gasteiger partial charge on any atom is 0.419 e. The number of hydrogen-bond acceptors (Lipinski definition) is 5. The number of nitrogens with zero attached hydrogens (tertiary/aromatic N) is 2. The maximum absolute atomic E-state index is 13.0. The molecule has 4 rings (SSSR count). The molecule has 0 aliphatic carbocycles. The van der Waals surface area contributed by atoms with Crippen LogP contribution in [0.15, 0.2) is 47.5 Å². The minimum atomic E-state index is -0.990. The van der Waals surface area contributed by atoms with Crippen LogP contribution in [0.1, 0.15) is 63.3 Å². The molecule has 0 N–H and O–H groups in total. The molecule has 36 heavy (non-hydrogen) atoms. The molecule has 7 heteroatoms. The maximum atomic E-state index is 13.0. The number of fused-ring (bicyclic) bond motifs is 1. The van der Waals surface area contributed by atoms with E-state index in [9.17, 15) is 9.00 Å². The Morgan fingerprint density at radius 1 is 1.17 bits per heavy atom. The highest BCUT2D eigenvalue weighted by atomic mass is 32.2. The van der Waals surface area contributed by atoms with Crippen molar-refractivity contribution in [3.63, 3.8) is 0 Å². The van der Waals surface area contributed by atoms with Gasteiger partial charge in [-0.3, -0.25) is 13.7 Å². The minimum absolute atomic E-state index is 0.252. The molecule has 1 aliphatic heterocycles. The molecule has 3 aromatic rings. The van der Waals surface area contributed by atoms with Crippen molar-refractivity contribution in [2.24, 2.45) is 5.92 Å². The fraction of sp³-hybridized carbons (Fsp3) is 0.483. The van der Waals surface area contributed by atoms with E-state index in [1.807, 2.05) is 52.0 Å². The number of hydrogen-bond donors (Lipinski definition) is 0. The Morgan fingerprint density at radius 3 is 2.47 bits per heavy atom. The second kappa shape index (κ2) is 10.4. The minimum Gasteiger partial charge on any atom is -0.496 e. The lowest BCUT2D eigenvalue weighted by Gasteiger charge is -2.39. The molecule has 0 saturated carbocycles. The average molecular weight is 511 g/mol. The molecule has 0 bridgehead atoms. The fourth-order valence-electron chi connectivity index (χ4n) is 5.18. The van der Waals surface area contributed by atoms with E-state index in [1.54, 1.807) is 24.1 Å². The lowest BCUT2D eigenvalue weighted by atomic mass is 9.87. The molecule has 0 radical (unpaired) electrons. The Balaban J connectivity index is 1.73. The Bertz CT molecular complexity index is 1270. The molecule has 1 fully saturated rings. The summed E-state index contributed by atoms with van der Waals surface area (Å²) in [5.41, 5.74) is 3.56. The number of carbonyl (C=O) groups is 1. The fourth-order valence-corrected chi connectivity index (χ4v) is 5.70. The second-order valence-corrected chi connectivity index (χ2v) is 12.3. The van der Waals surface area contributed by atoms with Crippen LogP contribution in [-0.2, 0) is 22.1 Å². The van der Waals surface area contributed by atoms with Crippen molar-refractivity contribution in [3.05, 3.63) is 59.3 Å². The summed E-state index contributed by atoms with van der Waals surface area (Å²) >= 11 is 0. The van der Waals surface area contributed by atoms with Gasteiger partial charge in [0.25, 0.3) is 0 Å². The Morgan fingerprint density at radius 2 is 1.86 bits per heavy atom. The molecule has 2 aromatic carbocycles. The van der Waals surface area contributed by atoms with Crippen LogP contribution in [0.5, 0.6) is 5.75 Å². The number of benzene rings is 2. The molecule has 1 aliphatic rings. The number of rotatable bonds is 5. The monoisotopic (exact) mass is 510 g/mol. The third-order valence-electron chi connectivity index (χ3n) is 6.97. The van der Waals surface area contributed by atoms with Crippen LogP contribution >= 0.6 is 0 Å². The summed E-state index contributed by atoms with van der Waals surface area (Å²) < 4.78 is 25.0. The van der Waals surface area contributed by atoms with Gasteiger partial charge in [-0.1, -0.05) is 19.1 Å². The van der Waals surface area contributed by atoms with E-state index >= 15 is 0 Å². The van der Waals surface area contributed by atoms with Crippen molar-refractivity contribution in [2.75, 3.05) is 19.9 Å². The van der Waals surface area contributed by atoms with E-state index in [1.165, 1.54) is 5.56 Å². The van der Waals surface area contributed by atoms with E-state index in [0.717, 1.165) is 52.1 Å². The molecule has 0 amide bonds. The van der Waals surface area contributed by atoms with E-state index in [4.69, 9.17) is 9.47 Å². The van der Waals surface area contributed by atoms with E-state index in [-0.39, 0.29) is 12.1 Å². The summed E-state index contributed by atoms with van der Waals surface area (Å²) in [5, 5.41) is 1.01. The molecular weight excluding hydrogens is 472 g/mol. The predicted molar refractivity (Wildman–Crippen MR) is 145 cm³/mol. The lowest BCUT2D eigenvalue weighted by molar-refractivity contribution is 0.0544. The topological polar surface area (TPSA) is 60.8 Å². The zero-order valence-electron chi connectivity index (χ0n) is 22.5. The van der Waals surface area contributed by atoms with Gasteiger partial charge in [0.05, 0.1) is 12.6 Å². The summed E-state index contributed by atoms with van der Waals surface area (Å²) in [6, 6.07) is 12.5. The zero-order valence-corrected chi connectivity index (χ0v) is 23.3. The van der Waals surface area contributed by atoms with Gasteiger partial charge in [-0.2, -0.15) is 0 Å². The first kappa shape index (κ1) is 26.4. The number of aromatic nitrogens is 1. The van der Waals surface area contributed by atoms with Gasteiger partial charge in [0, 0.05) is 51.7 Å². The van der Waals surface area contributed by atoms with Crippen LogP contribution in [0.3, 0.4) is 0 Å². The smallest absolute Gasteiger partial charge is 0.419 e. The van der Waals surface area contributed by atoms with Crippen molar-refractivity contribution in [1.82, 2.24) is 9.47 Å². The van der Waals surface area contributed by atoms with Gasteiger partial charge in [0.1, 0.15) is 11.4 Å². The molecule has 2 heterocycles.